The third-order valence-electron chi connectivity index (χ3n) is 5.57. The molecule has 2 aliphatic rings. The first-order valence-corrected chi connectivity index (χ1v) is 8.99. The van der Waals surface area contributed by atoms with Gasteiger partial charge in [0.25, 0.3) is 5.91 Å². The number of nitrogens with one attached hydrogen (secondary N) is 1. The van der Waals surface area contributed by atoms with E-state index in [0.717, 1.165) is 29.7 Å². The van der Waals surface area contributed by atoms with Crippen molar-refractivity contribution in [1.29, 1.82) is 0 Å². The van der Waals surface area contributed by atoms with Gasteiger partial charge >= 0.3 is 6.03 Å². The molecular weight excluding hydrogens is 337 g/mol. The molecule has 1 aromatic carbocycles. The quantitative estimate of drug-likeness (QED) is 0.838. The van der Waals surface area contributed by atoms with Crippen molar-refractivity contribution in [2.24, 2.45) is 0 Å². The summed E-state index contributed by atoms with van der Waals surface area (Å²) < 4.78 is 13.1. The molecule has 1 spiro atoms. The van der Waals surface area contributed by atoms with E-state index in [1.54, 1.807) is 19.2 Å². The van der Waals surface area contributed by atoms with Gasteiger partial charge in [0.05, 0.1) is 6.04 Å². The van der Waals surface area contributed by atoms with E-state index in [2.05, 4.69) is 5.32 Å². The number of amides is 4. The lowest BCUT2D eigenvalue weighted by atomic mass is 9.82. The second-order valence-electron chi connectivity index (χ2n) is 7.20. The van der Waals surface area contributed by atoms with Gasteiger partial charge in [0.2, 0.25) is 5.91 Å². The molecule has 26 heavy (non-hydrogen) atoms. The van der Waals surface area contributed by atoms with Crippen molar-refractivity contribution in [1.82, 2.24) is 15.1 Å². The molecule has 0 radical (unpaired) electrons. The van der Waals surface area contributed by atoms with Crippen LogP contribution in [-0.4, -0.2) is 46.8 Å². The Morgan fingerprint density at radius 3 is 2.46 bits per heavy atom. The summed E-state index contributed by atoms with van der Waals surface area (Å²) >= 11 is 0. The van der Waals surface area contributed by atoms with Crippen LogP contribution < -0.4 is 5.32 Å². The van der Waals surface area contributed by atoms with Gasteiger partial charge in [-0.05, 0) is 37.5 Å². The normalized spacial score (nSPS) is 20.2. The van der Waals surface area contributed by atoms with Crippen LogP contribution in [-0.2, 0) is 9.59 Å². The van der Waals surface area contributed by atoms with Crippen molar-refractivity contribution >= 4 is 17.8 Å². The first kappa shape index (κ1) is 18.4. The Morgan fingerprint density at radius 1 is 1.23 bits per heavy atom. The number of imide groups is 1. The van der Waals surface area contributed by atoms with Crippen LogP contribution in [0.15, 0.2) is 24.3 Å². The Labute approximate surface area is 152 Å². The van der Waals surface area contributed by atoms with E-state index in [1.165, 1.54) is 17.0 Å². The highest BCUT2D eigenvalue weighted by atomic mass is 19.1. The number of likely N-dealkylation sites (N-methyl/N-ethyl adjacent to an activating group) is 1. The molecule has 1 atom stereocenters. The Hall–Kier alpha value is -2.44. The average Bonchev–Trinajstić information content (AvgIpc) is 2.85. The predicted molar refractivity (Wildman–Crippen MR) is 93.6 cm³/mol. The molecule has 140 valence electrons. The molecule has 1 saturated heterocycles. The molecule has 1 aliphatic heterocycles. The maximum absolute atomic E-state index is 13.1. The SMILES string of the molecule is CC(c1ccc(F)cc1)N(C)C(=O)CN1C(=O)NC2(CCCCC2)C1=O. The Morgan fingerprint density at radius 2 is 1.85 bits per heavy atom. The predicted octanol–water partition coefficient (Wildman–Crippen LogP) is 2.60. The van der Waals surface area contributed by atoms with Gasteiger partial charge in [0.1, 0.15) is 17.9 Å². The lowest BCUT2D eigenvalue weighted by molar-refractivity contribution is -0.139. The molecule has 7 heteroatoms. The van der Waals surface area contributed by atoms with Gasteiger partial charge < -0.3 is 10.2 Å². The van der Waals surface area contributed by atoms with E-state index >= 15 is 0 Å². The van der Waals surface area contributed by atoms with E-state index in [9.17, 15) is 18.8 Å². The van der Waals surface area contributed by atoms with Crippen LogP contribution in [0.25, 0.3) is 0 Å². The number of carbonyl (C=O) groups is 3. The second kappa shape index (κ2) is 7.05. The zero-order chi connectivity index (χ0) is 18.9. The van der Waals surface area contributed by atoms with Crippen molar-refractivity contribution < 1.29 is 18.8 Å². The minimum absolute atomic E-state index is 0.283. The van der Waals surface area contributed by atoms with E-state index < -0.39 is 11.6 Å². The summed E-state index contributed by atoms with van der Waals surface area (Å²) in [6.07, 6.45) is 4.11. The van der Waals surface area contributed by atoms with Crippen molar-refractivity contribution in [2.75, 3.05) is 13.6 Å². The topological polar surface area (TPSA) is 69.7 Å². The highest BCUT2D eigenvalue weighted by Gasteiger charge is 2.51. The molecule has 1 heterocycles. The van der Waals surface area contributed by atoms with Crippen LogP contribution in [0.3, 0.4) is 0 Å². The van der Waals surface area contributed by atoms with Crippen molar-refractivity contribution in [2.45, 2.75) is 50.6 Å². The van der Waals surface area contributed by atoms with E-state index in [0.29, 0.717) is 12.8 Å². The Balaban J connectivity index is 1.67. The summed E-state index contributed by atoms with van der Waals surface area (Å²) in [5.74, 6) is -0.969. The van der Waals surface area contributed by atoms with Gasteiger partial charge in [-0.15, -0.1) is 0 Å². The molecule has 1 aliphatic carbocycles. The molecule has 0 bridgehead atoms. The van der Waals surface area contributed by atoms with Crippen molar-refractivity contribution in [3.8, 4) is 0 Å². The summed E-state index contributed by atoms with van der Waals surface area (Å²) in [7, 11) is 1.62. The van der Waals surface area contributed by atoms with E-state index in [-0.39, 0.29) is 30.2 Å². The first-order valence-electron chi connectivity index (χ1n) is 8.99. The molecular formula is C19H24FN3O3. The van der Waals surface area contributed by atoms with Crippen LogP contribution in [0, 0.1) is 5.82 Å². The Kier molecular flexibility index (Phi) is 4.98. The fourth-order valence-corrected chi connectivity index (χ4v) is 3.74. The number of hydrogen-bond donors (Lipinski definition) is 1. The summed E-state index contributed by atoms with van der Waals surface area (Å²) in [5, 5.41) is 2.81. The number of halogens is 1. The van der Waals surface area contributed by atoms with Crippen LogP contribution >= 0.6 is 0 Å². The van der Waals surface area contributed by atoms with E-state index in [1.807, 2.05) is 6.92 Å². The number of nitrogens with zero attached hydrogens (tertiary/aromatic N) is 2. The van der Waals surface area contributed by atoms with Gasteiger partial charge in [0.15, 0.2) is 0 Å². The molecule has 1 saturated carbocycles. The molecule has 4 amide bonds. The highest BCUT2D eigenvalue weighted by Crippen LogP contribution is 2.33. The standard InChI is InChI=1S/C19H24FN3O3/c1-13(14-6-8-15(20)9-7-14)22(2)16(24)12-23-17(25)19(21-18(23)26)10-4-3-5-11-19/h6-9,13H,3-5,10-12H2,1-2H3,(H,21,26). The number of benzene rings is 1. The molecule has 1 aromatic rings. The summed E-state index contributed by atoms with van der Waals surface area (Å²) in [6, 6.07) is 5.13. The average molecular weight is 361 g/mol. The van der Waals surface area contributed by atoms with Crippen LogP contribution in [0.5, 0.6) is 0 Å². The largest absolute Gasteiger partial charge is 0.337 e. The fourth-order valence-electron chi connectivity index (χ4n) is 3.74. The van der Waals surface area contributed by atoms with E-state index in [4.69, 9.17) is 0 Å². The number of rotatable bonds is 4. The maximum Gasteiger partial charge on any atom is 0.325 e. The molecule has 0 aromatic heterocycles. The van der Waals surface area contributed by atoms with Crippen molar-refractivity contribution in [3.05, 3.63) is 35.6 Å². The van der Waals surface area contributed by atoms with Crippen LogP contribution in [0.1, 0.15) is 50.6 Å². The Bertz CT molecular complexity index is 713. The third kappa shape index (κ3) is 3.30. The fraction of sp³-hybridized carbons (Fsp3) is 0.526. The van der Waals surface area contributed by atoms with Gasteiger partial charge in [-0.25, -0.2) is 9.18 Å². The smallest absolute Gasteiger partial charge is 0.325 e. The first-order chi connectivity index (χ1) is 12.3. The summed E-state index contributed by atoms with van der Waals surface area (Å²) in [5.41, 5.74) is -0.0419. The molecule has 2 fully saturated rings. The number of urea groups is 1. The van der Waals surface area contributed by atoms with Gasteiger partial charge in [-0.3, -0.25) is 14.5 Å². The molecule has 1 unspecified atom stereocenters. The molecule has 1 N–H and O–H groups in total. The minimum atomic E-state index is -0.823. The lowest BCUT2D eigenvalue weighted by Gasteiger charge is -2.31. The minimum Gasteiger partial charge on any atom is -0.337 e. The van der Waals surface area contributed by atoms with Gasteiger partial charge in [-0.2, -0.15) is 0 Å². The second-order valence-corrected chi connectivity index (χ2v) is 7.20. The monoisotopic (exact) mass is 361 g/mol. The van der Waals surface area contributed by atoms with Crippen LogP contribution in [0.2, 0.25) is 0 Å². The molecule has 3 rings (SSSR count). The zero-order valence-corrected chi connectivity index (χ0v) is 15.1. The highest BCUT2D eigenvalue weighted by molar-refractivity contribution is 6.09. The number of carbonyl (C=O) groups excluding carboxylic acids is 3. The van der Waals surface area contributed by atoms with Gasteiger partial charge in [-0.1, -0.05) is 31.4 Å². The van der Waals surface area contributed by atoms with Gasteiger partial charge in [0, 0.05) is 7.05 Å². The van der Waals surface area contributed by atoms with Crippen LogP contribution in [0.4, 0.5) is 9.18 Å². The summed E-state index contributed by atoms with van der Waals surface area (Å²) in [4.78, 5) is 40.2. The van der Waals surface area contributed by atoms with Crippen molar-refractivity contribution in [3.63, 3.8) is 0 Å². The summed E-state index contributed by atoms with van der Waals surface area (Å²) in [6.45, 7) is 1.54. The lowest BCUT2D eigenvalue weighted by Crippen LogP contribution is -2.49. The molecule has 6 nitrogen and oxygen atoms in total. The zero-order valence-electron chi connectivity index (χ0n) is 15.1. The third-order valence-corrected chi connectivity index (χ3v) is 5.57. The maximum atomic E-state index is 13.1. The number of hydrogen-bond acceptors (Lipinski definition) is 3.